The molecule has 0 aliphatic carbocycles. The Labute approximate surface area is 375 Å². The number of carboxylic acids is 1. The van der Waals surface area contributed by atoms with Crippen LogP contribution in [0.2, 0.25) is 0 Å². The highest BCUT2D eigenvalue weighted by molar-refractivity contribution is 5.97. The van der Waals surface area contributed by atoms with Crippen LogP contribution in [0.1, 0.15) is 56.4 Å². The molecule has 5 amide bonds. The number of aromatic amines is 2. The number of imidazole rings is 1. The summed E-state index contributed by atoms with van der Waals surface area (Å²) in [5.74, 6) is -5.91. The van der Waals surface area contributed by atoms with Gasteiger partial charge in [0.2, 0.25) is 29.5 Å². The first-order valence-corrected chi connectivity index (χ1v) is 21.2. The SMILES string of the molecule is CC(C)[C@H](N)C(=O)N[C@@H](Cc1c[nH]c2ccccc12)C(=O)N[C@@H](CCCNC(=N)N)C(=O)N[C@@H](CCCNC(=N)N)C(=O)N[C@@H](Cc1c[nH]cn1)C(=O)N[C@@H](Cc1ccccc1)C(=O)O. The van der Waals surface area contributed by atoms with Gasteiger partial charge in [-0.3, -0.25) is 34.8 Å². The molecule has 4 rings (SSSR count). The number of aromatic nitrogens is 3. The first-order chi connectivity index (χ1) is 31.0. The number of para-hydroxylation sites is 1. The van der Waals surface area contributed by atoms with Gasteiger partial charge in [-0.1, -0.05) is 62.4 Å². The molecule has 4 aromatic rings. The van der Waals surface area contributed by atoms with Crippen LogP contribution in [0.3, 0.4) is 0 Å². The van der Waals surface area contributed by atoms with E-state index < -0.39 is 71.8 Å². The number of carboxylic acid groups (broad SMARTS) is 1. The number of rotatable bonds is 26. The second-order valence-corrected chi connectivity index (χ2v) is 15.9. The summed E-state index contributed by atoms with van der Waals surface area (Å²) in [5, 5.41) is 44.6. The van der Waals surface area contributed by atoms with Crippen molar-refractivity contribution in [2.45, 2.75) is 95.0 Å². The number of nitrogens with two attached hydrogens (primary N) is 3. The topological polar surface area (TPSA) is 377 Å². The predicted molar refractivity (Wildman–Crippen MR) is 243 cm³/mol. The van der Waals surface area contributed by atoms with Crippen molar-refractivity contribution in [3.8, 4) is 0 Å². The van der Waals surface area contributed by atoms with Gasteiger partial charge in [-0.25, -0.2) is 9.78 Å². The van der Waals surface area contributed by atoms with Gasteiger partial charge in [0.05, 0.1) is 18.1 Å². The highest BCUT2D eigenvalue weighted by Crippen LogP contribution is 2.20. The zero-order valence-electron chi connectivity index (χ0n) is 36.4. The molecule has 2 aromatic heterocycles. The maximum Gasteiger partial charge on any atom is 0.326 e. The minimum absolute atomic E-state index is 0.0144. The van der Waals surface area contributed by atoms with Crippen LogP contribution in [0, 0.1) is 16.7 Å². The van der Waals surface area contributed by atoms with E-state index >= 15 is 0 Å². The highest BCUT2D eigenvalue weighted by atomic mass is 16.4. The Morgan fingerprint density at radius 1 is 0.662 bits per heavy atom. The summed E-state index contributed by atoms with van der Waals surface area (Å²) in [6, 6.07) is 8.59. The fraction of sp³-hybridized carbons (Fsp3) is 0.419. The van der Waals surface area contributed by atoms with Gasteiger partial charge in [0.15, 0.2) is 11.9 Å². The quantitative estimate of drug-likeness (QED) is 0.0203. The second-order valence-electron chi connectivity index (χ2n) is 15.9. The summed E-state index contributed by atoms with van der Waals surface area (Å²) in [6.45, 7) is 3.82. The van der Waals surface area contributed by atoms with E-state index in [9.17, 15) is 33.9 Å². The smallest absolute Gasteiger partial charge is 0.326 e. The number of nitrogens with zero attached hydrogens (tertiary/aromatic N) is 1. The normalized spacial score (nSPS) is 13.8. The largest absolute Gasteiger partial charge is 0.480 e. The van der Waals surface area contributed by atoms with Crippen LogP contribution >= 0.6 is 0 Å². The van der Waals surface area contributed by atoms with Crippen LogP contribution in [0.5, 0.6) is 0 Å². The lowest BCUT2D eigenvalue weighted by atomic mass is 10.0. The molecule has 350 valence electrons. The van der Waals surface area contributed by atoms with E-state index in [-0.39, 0.29) is 75.9 Å². The Balaban J connectivity index is 1.61. The third-order valence-electron chi connectivity index (χ3n) is 10.5. The lowest BCUT2D eigenvalue weighted by Crippen LogP contribution is -2.60. The Hall–Kier alpha value is -7.49. The molecule has 0 aliphatic heterocycles. The van der Waals surface area contributed by atoms with Crippen molar-refractivity contribution < 1.29 is 33.9 Å². The molecule has 0 saturated carbocycles. The van der Waals surface area contributed by atoms with Crippen LogP contribution in [0.4, 0.5) is 0 Å². The number of amides is 5. The van der Waals surface area contributed by atoms with E-state index in [1.165, 1.54) is 12.5 Å². The van der Waals surface area contributed by atoms with Gasteiger partial charge in [0.1, 0.15) is 30.2 Å². The number of H-pyrrole nitrogens is 2. The zero-order chi connectivity index (χ0) is 47.5. The Morgan fingerprint density at radius 2 is 1.17 bits per heavy atom. The maximum atomic E-state index is 14.3. The average Bonchev–Trinajstić information content (AvgIpc) is 3.94. The Bertz CT molecular complexity index is 2230. The fourth-order valence-electron chi connectivity index (χ4n) is 6.86. The molecule has 22 heteroatoms. The van der Waals surface area contributed by atoms with Crippen LogP contribution in [-0.4, -0.2) is 117 Å². The summed E-state index contributed by atoms with van der Waals surface area (Å²) in [5.41, 5.74) is 19.7. The van der Waals surface area contributed by atoms with Gasteiger partial charge in [0.25, 0.3) is 0 Å². The fourth-order valence-corrected chi connectivity index (χ4v) is 6.86. The third kappa shape index (κ3) is 16.3. The van der Waals surface area contributed by atoms with E-state index in [0.29, 0.717) is 16.8 Å². The van der Waals surface area contributed by atoms with Crippen molar-refractivity contribution in [1.82, 2.24) is 52.2 Å². The number of carbonyl (C=O) groups is 6. The molecule has 0 unspecified atom stereocenters. The average molecular weight is 900 g/mol. The van der Waals surface area contributed by atoms with Gasteiger partial charge in [-0.05, 0) is 48.8 Å². The number of hydrogen-bond acceptors (Lipinski definition) is 10. The van der Waals surface area contributed by atoms with Crippen molar-refractivity contribution in [2.75, 3.05) is 13.1 Å². The monoisotopic (exact) mass is 899 g/mol. The molecule has 0 saturated heterocycles. The van der Waals surface area contributed by atoms with Gasteiger partial charge in [0, 0.05) is 55.6 Å². The van der Waals surface area contributed by atoms with E-state index in [0.717, 1.165) is 10.9 Å². The summed E-state index contributed by atoms with van der Waals surface area (Å²) in [6.07, 6.45) is 4.79. The molecule has 0 radical (unpaired) electrons. The molecule has 18 N–H and O–H groups in total. The van der Waals surface area contributed by atoms with E-state index in [1.807, 2.05) is 24.3 Å². The molecule has 65 heavy (non-hydrogen) atoms. The maximum absolute atomic E-state index is 14.3. The number of fused-ring (bicyclic) bond motifs is 1. The van der Waals surface area contributed by atoms with Crippen LogP contribution in [-0.2, 0) is 48.0 Å². The van der Waals surface area contributed by atoms with Gasteiger partial charge < -0.3 is 69.5 Å². The van der Waals surface area contributed by atoms with Crippen molar-refractivity contribution in [3.63, 3.8) is 0 Å². The molecule has 0 aliphatic rings. The zero-order valence-corrected chi connectivity index (χ0v) is 36.4. The molecular formula is C43H61N15O7. The molecular weight excluding hydrogens is 839 g/mol. The summed E-state index contributed by atoms with van der Waals surface area (Å²) < 4.78 is 0. The van der Waals surface area contributed by atoms with Crippen molar-refractivity contribution in [3.05, 3.63) is 90.1 Å². The molecule has 0 bridgehead atoms. The van der Waals surface area contributed by atoms with Crippen LogP contribution < -0.4 is 54.4 Å². The standard InChI is InChI=1S/C43H61N15O7/c1-24(2)35(44)40(63)57-32(19-26-21-52-29-13-7-6-12-28(26)29)38(61)55-30(14-8-16-50-42(45)46)36(59)54-31(15-9-17-51-43(47)48)37(60)56-33(20-27-22-49-23-53-27)39(62)58-34(41(64)65)18-25-10-4-3-5-11-25/h3-7,10-13,21-24,30-35,52H,8-9,14-20,44H2,1-2H3,(H,49,53)(H,54,59)(H,55,61)(H,56,60)(H,57,63)(H,58,62)(H,64,65)(H4,45,46,50)(H4,47,48,51)/t30-,31-,32-,33-,34-,35-/m0/s1. The summed E-state index contributed by atoms with van der Waals surface area (Å²) in [7, 11) is 0. The van der Waals surface area contributed by atoms with Crippen LogP contribution in [0.25, 0.3) is 10.9 Å². The minimum Gasteiger partial charge on any atom is -0.480 e. The first-order valence-electron chi connectivity index (χ1n) is 21.2. The molecule has 2 aromatic carbocycles. The summed E-state index contributed by atoms with van der Waals surface area (Å²) >= 11 is 0. The number of carbonyl (C=O) groups excluding carboxylic acids is 5. The predicted octanol–water partition coefficient (Wildman–Crippen LogP) is -1.06. The number of nitrogens with one attached hydrogen (secondary N) is 11. The summed E-state index contributed by atoms with van der Waals surface area (Å²) in [4.78, 5) is 92.4. The Kier molecular flexibility index (Phi) is 19.3. The Morgan fingerprint density at radius 3 is 1.71 bits per heavy atom. The molecule has 0 fully saturated rings. The van der Waals surface area contributed by atoms with Crippen LogP contribution in [0.15, 0.2) is 73.3 Å². The van der Waals surface area contributed by atoms with E-state index in [4.69, 9.17) is 28.0 Å². The lowest BCUT2D eigenvalue weighted by Gasteiger charge is -2.27. The van der Waals surface area contributed by atoms with E-state index in [1.54, 1.807) is 50.4 Å². The molecule has 22 nitrogen and oxygen atoms in total. The lowest BCUT2D eigenvalue weighted by molar-refractivity contribution is -0.142. The molecule has 0 spiro atoms. The van der Waals surface area contributed by atoms with Crippen molar-refractivity contribution in [2.24, 2.45) is 23.1 Å². The highest BCUT2D eigenvalue weighted by Gasteiger charge is 2.34. The number of aliphatic carboxylic acids is 1. The third-order valence-corrected chi connectivity index (χ3v) is 10.5. The minimum atomic E-state index is -1.36. The first kappa shape index (κ1) is 50.2. The van der Waals surface area contributed by atoms with Gasteiger partial charge >= 0.3 is 5.97 Å². The van der Waals surface area contributed by atoms with Crippen molar-refractivity contribution in [1.29, 1.82) is 10.8 Å². The van der Waals surface area contributed by atoms with E-state index in [2.05, 4.69) is 52.2 Å². The molecule has 2 heterocycles. The van der Waals surface area contributed by atoms with Gasteiger partial charge in [-0.15, -0.1) is 0 Å². The van der Waals surface area contributed by atoms with Crippen molar-refractivity contribution >= 4 is 58.3 Å². The molecule has 6 atom stereocenters. The number of hydrogen-bond donors (Lipinski definition) is 15. The van der Waals surface area contributed by atoms with Gasteiger partial charge in [-0.2, -0.15) is 0 Å². The second kappa shape index (κ2) is 25.0. The number of guanidine groups is 2. The number of benzene rings is 2.